The Balaban J connectivity index is 2.15. The summed E-state index contributed by atoms with van der Waals surface area (Å²) in [6.07, 6.45) is 0. The van der Waals surface area contributed by atoms with Crippen molar-refractivity contribution in [2.24, 2.45) is 5.73 Å². The van der Waals surface area contributed by atoms with Gasteiger partial charge in [0.2, 0.25) is 0 Å². The molecule has 0 fully saturated rings. The normalized spacial score (nSPS) is 10.6. The molecule has 2 rings (SSSR count). The van der Waals surface area contributed by atoms with E-state index in [0.29, 0.717) is 23.8 Å². The molecule has 3 N–H and O–H groups in total. The molecule has 0 spiro atoms. The topological polar surface area (TPSA) is 81.2 Å². The number of nitrogens with one attached hydrogen (secondary N) is 1. The summed E-state index contributed by atoms with van der Waals surface area (Å²) in [5, 5.41) is 8.36. The molecule has 0 bridgehead atoms. The molecule has 6 heteroatoms. The lowest BCUT2D eigenvalue weighted by atomic mass is 10.1. The fourth-order valence-electron chi connectivity index (χ4n) is 1.93. The van der Waals surface area contributed by atoms with E-state index in [1.807, 2.05) is 19.1 Å². The van der Waals surface area contributed by atoms with E-state index in [1.165, 1.54) is 16.9 Å². The maximum atomic E-state index is 7.58. The molecule has 5 nitrogen and oxygen atoms in total. The quantitative estimate of drug-likeness (QED) is 0.635. The number of nitrogens with two attached hydrogens (primary N) is 1. The zero-order chi connectivity index (χ0) is 15.4. The lowest BCUT2D eigenvalue weighted by molar-refractivity contribution is 0.181. The Kier molecular flexibility index (Phi) is 4.93. The second-order valence-corrected chi connectivity index (χ2v) is 5.80. The molecule has 0 amide bonds. The van der Waals surface area contributed by atoms with Gasteiger partial charge < -0.3 is 15.2 Å². The van der Waals surface area contributed by atoms with Crippen molar-refractivity contribution in [3.63, 3.8) is 0 Å². The van der Waals surface area contributed by atoms with Crippen molar-refractivity contribution in [3.8, 4) is 5.75 Å². The molecule has 0 saturated heterocycles. The first-order valence-electron chi connectivity index (χ1n) is 6.53. The lowest BCUT2D eigenvalue weighted by Crippen LogP contribution is -2.11. The molecular weight excluding hydrogens is 286 g/mol. The van der Waals surface area contributed by atoms with E-state index in [-0.39, 0.29) is 5.84 Å². The standard InChI is InChI=1S/C15H19N3O2S/c1-9-5-4-6-12(10(9)2)20-8-13-18-11(7-19-3)14(21-13)15(16)17/h4-6H,7-8H2,1-3H3,(H3,16,17). The SMILES string of the molecule is COCc1nc(COc2cccc(C)c2C)sc1C(=N)N. The van der Waals surface area contributed by atoms with Gasteiger partial charge in [-0.15, -0.1) is 11.3 Å². The second kappa shape index (κ2) is 6.69. The molecule has 0 aliphatic carbocycles. The highest BCUT2D eigenvalue weighted by Gasteiger charge is 2.14. The average molecular weight is 305 g/mol. The van der Waals surface area contributed by atoms with Gasteiger partial charge in [0.15, 0.2) is 0 Å². The summed E-state index contributed by atoms with van der Waals surface area (Å²) in [6.45, 7) is 4.79. The minimum atomic E-state index is 0.0116. The number of aromatic nitrogens is 1. The fraction of sp³-hybridized carbons (Fsp3) is 0.333. The molecule has 0 saturated carbocycles. The van der Waals surface area contributed by atoms with Crippen LogP contribution in [0.1, 0.15) is 26.7 Å². The predicted octanol–water partition coefficient (Wildman–Crippen LogP) is 2.77. The van der Waals surface area contributed by atoms with Gasteiger partial charge >= 0.3 is 0 Å². The number of hydrogen-bond donors (Lipinski definition) is 2. The van der Waals surface area contributed by atoms with Crippen LogP contribution in [0.25, 0.3) is 0 Å². The number of nitrogen functional groups attached to an aromatic ring is 1. The van der Waals surface area contributed by atoms with Gasteiger partial charge in [-0.05, 0) is 31.0 Å². The lowest BCUT2D eigenvalue weighted by Gasteiger charge is -2.09. The number of nitrogens with zero attached hydrogens (tertiary/aromatic N) is 1. The zero-order valence-electron chi connectivity index (χ0n) is 12.4. The Morgan fingerprint density at radius 2 is 2.10 bits per heavy atom. The molecule has 112 valence electrons. The van der Waals surface area contributed by atoms with Crippen LogP contribution in [0.2, 0.25) is 0 Å². The van der Waals surface area contributed by atoms with Crippen LogP contribution in [0, 0.1) is 19.3 Å². The van der Waals surface area contributed by atoms with Crippen molar-refractivity contribution in [3.05, 3.63) is 44.9 Å². The van der Waals surface area contributed by atoms with E-state index < -0.39 is 0 Å². The third kappa shape index (κ3) is 3.59. The summed E-state index contributed by atoms with van der Waals surface area (Å²) < 4.78 is 10.9. The third-order valence-electron chi connectivity index (χ3n) is 3.17. The summed E-state index contributed by atoms with van der Waals surface area (Å²) in [6, 6.07) is 5.96. The number of thiazole rings is 1. The maximum absolute atomic E-state index is 7.58. The van der Waals surface area contributed by atoms with Crippen LogP contribution in [0.4, 0.5) is 0 Å². The van der Waals surface area contributed by atoms with E-state index in [1.54, 1.807) is 7.11 Å². The minimum Gasteiger partial charge on any atom is -0.486 e. The highest BCUT2D eigenvalue weighted by molar-refractivity contribution is 7.13. The number of amidine groups is 1. The molecular formula is C15H19N3O2S. The van der Waals surface area contributed by atoms with E-state index >= 15 is 0 Å². The molecule has 0 unspecified atom stereocenters. The monoisotopic (exact) mass is 305 g/mol. The smallest absolute Gasteiger partial charge is 0.140 e. The van der Waals surface area contributed by atoms with Crippen LogP contribution < -0.4 is 10.5 Å². The molecule has 1 aromatic heterocycles. The molecule has 21 heavy (non-hydrogen) atoms. The first-order valence-corrected chi connectivity index (χ1v) is 7.35. The van der Waals surface area contributed by atoms with Crippen molar-refractivity contribution in [2.45, 2.75) is 27.1 Å². The number of ether oxygens (including phenoxy) is 2. The van der Waals surface area contributed by atoms with E-state index in [4.69, 9.17) is 20.6 Å². The molecule has 2 aromatic rings. The predicted molar refractivity (Wildman–Crippen MR) is 84.1 cm³/mol. The van der Waals surface area contributed by atoms with Crippen LogP contribution in [-0.2, 0) is 18.0 Å². The first-order chi connectivity index (χ1) is 10.0. The van der Waals surface area contributed by atoms with Crippen molar-refractivity contribution >= 4 is 17.2 Å². The number of hydrogen-bond acceptors (Lipinski definition) is 5. The Bertz CT molecular complexity index is 652. The maximum Gasteiger partial charge on any atom is 0.140 e. The van der Waals surface area contributed by atoms with E-state index in [0.717, 1.165) is 16.3 Å². The Morgan fingerprint density at radius 1 is 1.33 bits per heavy atom. The average Bonchev–Trinajstić information content (AvgIpc) is 2.84. The van der Waals surface area contributed by atoms with Gasteiger partial charge in [0, 0.05) is 7.11 Å². The van der Waals surface area contributed by atoms with Crippen molar-refractivity contribution in [2.75, 3.05) is 7.11 Å². The molecule has 0 radical (unpaired) electrons. The van der Waals surface area contributed by atoms with Gasteiger partial charge in [-0.2, -0.15) is 0 Å². The molecule has 0 aliphatic heterocycles. The Labute approximate surface area is 128 Å². The van der Waals surface area contributed by atoms with Crippen molar-refractivity contribution < 1.29 is 9.47 Å². The number of rotatable bonds is 6. The fourth-order valence-corrected chi connectivity index (χ4v) is 2.77. The van der Waals surface area contributed by atoms with Gasteiger partial charge in [-0.25, -0.2) is 4.98 Å². The van der Waals surface area contributed by atoms with E-state index in [2.05, 4.69) is 18.0 Å². The third-order valence-corrected chi connectivity index (χ3v) is 4.28. The number of methoxy groups -OCH3 is 1. The molecule has 0 aliphatic rings. The van der Waals surface area contributed by atoms with Crippen molar-refractivity contribution in [1.29, 1.82) is 5.41 Å². The zero-order valence-corrected chi connectivity index (χ0v) is 13.2. The van der Waals surface area contributed by atoms with Gasteiger partial charge in [-0.1, -0.05) is 12.1 Å². The highest BCUT2D eigenvalue weighted by Crippen LogP contribution is 2.24. The number of benzene rings is 1. The van der Waals surface area contributed by atoms with Gasteiger partial charge in [0.25, 0.3) is 0 Å². The summed E-state index contributed by atoms with van der Waals surface area (Å²) >= 11 is 1.37. The first kappa shape index (κ1) is 15.5. The Morgan fingerprint density at radius 3 is 2.76 bits per heavy atom. The van der Waals surface area contributed by atoms with E-state index in [9.17, 15) is 0 Å². The van der Waals surface area contributed by atoms with Crippen LogP contribution >= 0.6 is 11.3 Å². The van der Waals surface area contributed by atoms with Gasteiger partial charge in [0.05, 0.1) is 17.2 Å². The molecule has 1 aromatic carbocycles. The molecule has 1 heterocycles. The van der Waals surface area contributed by atoms with Crippen LogP contribution in [0.15, 0.2) is 18.2 Å². The van der Waals surface area contributed by atoms with Crippen molar-refractivity contribution in [1.82, 2.24) is 4.98 Å². The summed E-state index contributed by atoms with van der Waals surface area (Å²) in [4.78, 5) is 5.09. The largest absolute Gasteiger partial charge is 0.486 e. The Hall–Kier alpha value is -1.92. The van der Waals surface area contributed by atoms with Gasteiger partial charge in [-0.3, -0.25) is 5.41 Å². The second-order valence-electron chi connectivity index (χ2n) is 4.72. The number of aryl methyl sites for hydroxylation is 1. The molecule has 0 atom stereocenters. The summed E-state index contributed by atoms with van der Waals surface area (Å²) in [5.74, 6) is 0.861. The highest BCUT2D eigenvalue weighted by atomic mass is 32.1. The van der Waals surface area contributed by atoms with Crippen LogP contribution in [0.5, 0.6) is 5.75 Å². The van der Waals surface area contributed by atoms with Crippen LogP contribution in [0.3, 0.4) is 0 Å². The van der Waals surface area contributed by atoms with Gasteiger partial charge in [0.1, 0.15) is 23.2 Å². The van der Waals surface area contributed by atoms with Crippen LogP contribution in [-0.4, -0.2) is 17.9 Å². The summed E-state index contributed by atoms with van der Waals surface area (Å²) in [7, 11) is 1.59. The minimum absolute atomic E-state index is 0.0116. The summed E-state index contributed by atoms with van der Waals surface area (Å²) in [5.41, 5.74) is 8.57.